The molecule has 8 nitrogen and oxygen atoms in total. The topological polar surface area (TPSA) is 104 Å². The van der Waals surface area contributed by atoms with Gasteiger partial charge in [-0.25, -0.2) is 9.97 Å². The zero-order chi connectivity index (χ0) is 21.8. The van der Waals surface area contributed by atoms with Gasteiger partial charge in [0.25, 0.3) is 0 Å². The SMILES string of the molecule is C/C=C/c1nccc(N2CCN(c3cc(-c4ccccc4O)nnc3N)CC[C@@H]2C)n1. The minimum Gasteiger partial charge on any atom is -0.507 e. The molecule has 0 radical (unpaired) electrons. The number of nitrogens with zero attached hydrogens (tertiary/aromatic N) is 6. The Morgan fingerprint density at radius 2 is 1.97 bits per heavy atom. The summed E-state index contributed by atoms with van der Waals surface area (Å²) in [5.41, 5.74) is 8.27. The van der Waals surface area contributed by atoms with Crippen molar-refractivity contribution in [3.63, 3.8) is 0 Å². The van der Waals surface area contributed by atoms with Crippen LogP contribution in [0.15, 0.2) is 48.7 Å². The summed E-state index contributed by atoms with van der Waals surface area (Å²) in [6.07, 6.45) is 6.59. The standard InChI is InChI=1S/C23H27N7O/c1-3-6-21-25-11-9-22(26-21)30-14-13-29(12-10-16(30)2)19-15-18(27-28-23(19)24)17-7-4-5-8-20(17)31/h3-9,11,15-16,31H,10,12-14H2,1-2H3,(H2,24,28)/b6-3+/t16-/m0/s1. The fraction of sp³-hybridized carbons (Fsp3) is 0.304. The van der Waals surface area contributed by atoms with E-state index in [-0.39, 0.29) is 5.75 Å². The van der Waals surface area contributed by atoms with Crippen molar-refractivity contribution in [1.29, 1.82) is 0 Å². The van der Waals surface area contributed by atoms with Gasteiger partial charge in [0.1, 0.15) is 11.6 Å². The number of para-hydroxylation sites is 1. The Kier molecular flexibility index (Phi) is 5.97. The van der Waals surface area contributed by atoms with Crippen LogP contribution in [0.4, 0.5) is 17.3 Å². The van der Waals surface area contributed by atoms with Gasteiger partial charge in [-0.05, 0) is 50.6 Å². The third kappa shape index (κ3) is 4.42. The summed E-state index contributed by atoms with van der Waals surface area (Å²) >= 11 is 0. The minimum absolute atomic E-state index is 0.170. The number of nitrogen functional groups attached to an aromatic ring is 1. The molecule has 3 heterocycles. The van der Waals surface area contributed by atoms with Gasteiger partial charge in [0.2, 0.25) is 0 Å². The molecule has 3 N–H and O–H groups in total. The number of phenolic OH excluding ortho intramolecular Hbond substituents is 1. The Bertz CT molecular complexity index is 1090. The highest BCUT2D eigenvalue weighted by Crippen LogP contribution is 2.32. The molecule has 1 atom stereocenters. The van der Waals surface area contributed by atoms with Crippen LogP contribution in [0.5, 0.6) is 5.75 Å². The first kappa shape index (κ1) is 20.6. The van der Waals surface area contributed by atoms with Crippen molar-refractivity contribution in [2.75, 3.05) is 35.2 Å². The molecule has 1 aliphatic heterocycles. The van der Waals surface area contributed by atoms with Gasteiger partial charge in [0.05, 0.1) is 11.4 Å². The number of phenols is 1. The molecule has 31 heavy (non-hydrogen) atoms. The second-order valence-electron chi connectivity index (χ2n) is 7.61. The van der Waals surface area contributed by atoms with E-state index in [4.69, 9.17) is 10.7 Å². The van der Waals surface area contributed by atoms with Crippen LogP contribution in [-0.4, -0.2) is 50.9 Å². The normalized spacial score (nSPS) is 17.2. The molecule has 8 heteroatoms. The summed E-state index contributed by atoms with van der Waals surface area (Å²) in [6, 6.07) is 11.3. The smallest absolute Gasteiger partial charge is 0.169 e. The average molecular weight is 418 g/mol. The predicted molar refractivity (Wildman–Crippen MR) is 124 cm³/mol. The molecule has 0 unspecified atom stereocenters. The molecule has 1 saturated heterocycles. The lowest BCUT2D eigenvalue weighted by atomic mass is 10.1. The molecule has 0 bridgehead atoms. The van der Waals surface area contributed by atoms with E-state index in [9.17, 15) is 5.11 Å². The van der Waals surface area contributed by atoms with Crippen LogP contribution in [0.1, 0.15) is 26.1 Å². The molecular weight excluding hydrogens is 390 g/mol. The van der Waals surface area contributed by atoms with E-state index in [0.29, 0.717) is 28.9 Å². The lowest BCUT2D eigenvalue weighted by molar-refractivity contribution is 0.477. The number of nitrogens with two attached hydrogens (primary N) is 1. The van der Waals surface area contributed by atoms with Crippen LogP contribution in [0.3, 0.4) is 0 Å². The zero-order valence-corrected chi connectivity index (χ0v) is 17.8. The molecule has 0 spiro atoms. The third-order valence-corrected chi connectivity index (χ3v) is 5.55. The summed E-state index contributed by atoms with van der Waals surface area (Å²) in [7, 11) is 0. The van der Waals surface area contributed by atoms with Gasteiger partial charge >= 0.3 is 0 Å². The second kappa shape index (κ2) is 8.99. The number of aromatic hydroxyl groups is 1. The number of hydrogen-bond donors (Lipinski definition) is 2. The monoisotopic (exact) mass is 417 g/mol. The molecule has 160 valence electrons. The van der Waals surface area contributed by atoms with Crippen molar-refractivity contribution >= 4 is 23.4 Å². The second-order valence-corrected chi connectivity index (χ2v) is 7.61. The highest BCUT2D eigenvalue weighted by molar-refractivity contribution is 5.74. The molecule has 0 saturated carbocycles. The third-order valence-electron chi connectivity index (χ3n) is 5.55. The molecular formula is C23H27N7O. The number of benzene rings is 1. The first-order valence-electron chi connectivity index (χ1n) is 10.5. The first-order valence-corrected chi connectivity index (χ1v) is 10.5. The molecule has 1 aromatic carbocycles. The quantitative estimate of drug-likeness (QED) is 0.666. The highest BCUT2D eigenvalue weighted by atomic mass is 16.3. The maximum absolute atomic E-state index is 10.2. The van der Waals surface area contributed by atoms with Crippen LogP contribution < -0.4 is 15.5 Å². The predicted octanol–water partition coefficient (Wildman–Crippen LogP) is 3.36. The molecule has 0 amide bonds. The first-order chi connectivity index (χ1) is 15.1. The Labute approximate surface area is 182 Å². The van der Waals surface area contributed by atoms with Crippen LogP contribution in [0, 0.1) is 0 Å². The summed E-state index contributed by atoms with van der Waals surface area (Å²) in [5, 5.41) is 18.6. The lowest BCUT2D eigenvalue weighted by Crippen LogP contribution is -2.35. The largest absolute Gasteiger partial charge is 0.507 e. The Morgan fingerprint density at radius 3 is 2.77 bits per heavy atom. The van der Waals surface area contributed by atoms with Gasteiger partial charge in [-0.3, -0.25) is 0 Å². The molecule has 2 aromatic heterocycles. The number of allylic oxidation sites excluding steroid dienone is 1. The van der Waals surface area contributed by atoms with Gasteiger partial charge in [0, 0.05) is 37.4 Å². The van der Waals surface area contributed by atoms with E-state index < -0.39 is 0 Å². The molecule has 1 fully saturated rings. The van der Waals surface area contributed by atoms with Crippen molar-refractivity contribution in [1.82, 2.24) is 20.2 Å². The minimum atomic E-state index is 0.170. The number of anilines is 3. The Morgan fingerprint density at radius 1 is 1.13 bits per heavy atom. The average Bonchev–Trinajstić information content (AvgIpc) is 2.97. The van der Waals surface area contributed by atoms with E-state index in [1.54, 1.807) is 18.3 Å². The van der Waals surface area contributed by atoms with Gasteiger partial charge < -0.3 is 20.6 Å². The lowest BCUT2D eigenvalue weighted by Gasteiger charge is -2.28. The summed E-state index contributed by atoms with van der Waals surface area (Å²) < 4.78 is 0. The number of hydrogen-bond acceptors (Lipinski definition) is 8. The Hall–Kier alpha value is -3.68. The van der Waals surface area contributed by atoms with Gasteiger partial charge in [-0.1, -0.05) is 18.2 Å². The van der Waals surface area contributed by atoms with Crippen LogP contribution in [0.2, 0.25) is 0 Å². The van der Waals surface area contributed by atoms with Crippen LogP contribution >= 0.6 is 0 Å². The fourth-order valence-electron chi connectivity index (χ4n) is 3.86. The van der Waals surface area contributed by atoms with E-state index in [0.717, 1.165) is 37.6 Å². The Balaban J connectivity index is 1.59. The van der Waals surface area contributed by atoms with Crippen molar-refractivity contribution < 1.29 is 5.11 Å². The van der Waals surface area contributed by atoms with Crippen LogP contribution in [0.25, 0.3) is 17.3 Å². The summed E-state index contributed by atoms with van der Waals surface area (Å²) in [6.45, 7) is 6.56. The summed E-state index contributed by atoms with van der Waals surface area (Å²) in [4.78, 5) is 13.5. The number of rotatable bonds is 4. The maximum Gasteiger partial charge on any atom is 0.169 e. The van der Waals surface area contributed by atoms with Crippen LogP contribution in [-0.2, 0) is 0 Å². The zero-order valence-electron chi connectivity index (χ0n) is 17.8. The number of aromatic nitrogens is 4. The molecule has 3 aromatic rings. The van der Waals surface area contributed by atoms with Crippen molar-refractivity contribution in [2.45, 2.75) is 26.3 Å². The van der Waals surface area contributed by atoms with Gasteiger partial charge in [0.15, 0.2) is 11.6 Å². The molecule has 1 aliphatic rings. The van der Waals surface area contributed by atoms with Gasteiger partial charge in [-0.2, -0.15) is 0 Å². The van der Waals surface area contributed by atoms with Gasteiger partial charge in [-0.15, -0.1) is 10.2 Å². The molecule has 4 rings (SSSR count). The highest BCUT2D eigenvalue weighted by Gasteiger charge is 2.24. The maximum atomic E-state index is 10.2. The van der Waals surface area contributed by atoms with E-state index >= 15 is 0 Å². The van der Waals surface area contributed by atoms with Crippen molar-refractivity contribution in [3.8, 4) is 17.0 Å². The van der Waals surface area contributed by atoms with Crippen molar-refractivity contribution in [2.24, 2.45) is 0 Å². The molecule has 0 aliphatic carbocycles. The fourth-order valence-corrected chi connectivity index (χ4v) is 3.86. The van der Waals surface area contributed by atoms with E-state index in [1.165, 1.54) is 0 Å². The summed E-state index contributed by atoms with van der Waals surface area (Å²) in [5.74, 6) is 2.19. The van der Waals surface area contributed by atoms with E-state index in [2.05, 4.69) is 31.9 Å². The van der Waals surface area contributed by atoms with Crippen molar-refractivity contribution in [3.05, 3.63) is 54.5 Å². The van der Waals surface area contributed by atoms with E-state index in [1.807, 2.05) is 43.3 Å².